The Morgan fingerprint density at radius 1 is 1.36 bits per heavy atom. The summed E-state index contributed by atoms with van der Waals surface area (Å²) in [6.07, 6.45) is 0.724. The Hall–Kier alpha value is -1.39. The SMILES string of the molecule is CC1NC(C=O)N(c2ccccc2)N1. The van der Waals surface area contributed by atoms with Crippen molar-refractivity contribution in [1.82, 2.24) is 10.7 Å². The van der Waals surface area contributed by atoms with Crippen LogP contribution in [0.25, 0.3) is 0 Å². The van der Waals surface area contributed by atoms with Crippen LogP contribution in [-0.2, 0) is 4.79 Å². The Balaban J connectivity index is 2.22. The average Bonchev–Trinajstić information content (AvgIpc) is 2.61. The second kappa shape index (κ2) is 3.77. The molecule has 1 aromatic carbocycles. The Morgan fingerprint density at radius 2 is 2.07 bits per heavy atom. The Labute approximate surface area is 82.9 Å². The highest BCUT2D eigenvalue weighted by molar-refractivity contribution is 5.66. The number of nitrogens with one attached hydrogen (secondary N) is 2. The van der Waals surface area contributed by atoms with Gasteiger partial charge in [0.2, 0.25) is 0 Å². The first-order valence-corrected chi connectivity index (χ1v) is 4.63. The number of hydrogen-bond donors (Lipinski definition) is 2. The molecule has 1 heterocycles. The van der Waals surface area contributed by atoms with E-state index in [1.54, 1.807) is 0 Å². The van der Waals surface area contributed by atoms with Crippen LogP contribution in [0.15, 0.2) is 30.3 Å². The topological polar surface area (TPSA) is 44.4 Å². The van der Waals surface area contributed by atoms with Gasteiger partial charge in [-0.05, 0) is 19.1 Å². The molecule has 14 heavy (non-hydrogen) atoms. The van der Waals surface area contributed by atoms with Gasteiger partial charge in [-0.25, -0.2) is 5.43 Å². The van der Waals surface area contributed by atoms with E-state index in [0.717, 1.165) is 12.0 Å². The van der Waals surface area contributed by atoms with E-state index in [1.807, 2.05) is 42.3 Å². The molecule has 2 rings (SSSR count). The Kier molecular flexibility index (Phi) is 2.47. The van der Waals surface area contributed by atoms with Gasteiger partial charge in [-0.2, -0.15) is 0 Å². The van der Waals surface area contributed by atoms with Crippen LogP contribution in [0.2, 0.25) is 0 Å². The smallest absolute Gasteiger partial charge is 0.158 e. The first-order valence-electron chi connectivity index (χ1n) is 4.63. The van der Waals surface area contributed by atoms with Gasteiger partial charge in [-0.3, -0.25) is 15.1 Å². The summed E-state index contributed by atoms with van der Waals surface area (Å²) in [5.41, 5.74) is 4.15. The normalized spacial score (nSPS) is 26.5. The van der Waals surface area contributed by atoms with Crippen LogP contribution in [0.3, 0.4) is 0 Å². The van der Waals surface area contributed by atoms with Crippen molar-refractivity contribution in [1.29, 1.82) is 0 Å². The van der Waals surface area contributed by atoms with Crippen molar-refractivity contribution in [2.24, 2.45) is 0 Å². The van der Waals surface area contributed by atoms with Gasteiger partial charge in [-0.15, -0.1) is 0 Å². The molecule has 0 spiro atoms. The molecule has 2 N–H and O–H groups in total. The molecule has 1 aliphatic rings. The van der Waals surface area contributed by atoms with Crippen molar-refractivity contribution in [3.8, 4) is 0 Å². The molecule has 0 radical (unpaired) electrons. The molecule has 74 valence electrons. The van der Waals surface area contributed by atoms with Gasteiger partial charge < -0.3 is 0 Å². The van der Waals surface area contributed by atoms with Crippen LogP contribution < -0.4 is 15.8 Å². The monoisotopic (exact) mass is 191 g/mol. The number of benzene rings is 1. The van der Waals surface area contributed by atoms with E-state index in [4.69, 9.17) is 0 Å². The summed E-state index contributed by atoms with van der Waals surface area (Å²) in [6, 6.07) is 9.77. The van der Waals surface area contributed by atoms with Crippen molar-refractivity contribution in [3.63, 3.8) is 0 Å². The number of carbonyl (C=O) groups is 1. The number of carbonyl (C=O) groups excluding carboxylic acids is 1. The zero-order valence-electron chi connectivity index (χ0n) is 7.97. The van der Waals surface area contributed by atoms with E-state index in [1.165, 1.54) is 0 Å². The zero-order valence-corrected chi connectivity index (χ0v) is 7.97. The summed E-state index contributed by atoms with van der Waals surface area (Å²) < 4.78 is 0. The highest BCUT2D eigenvalue weighted by Gasteiger charge is 2.27. The minimum Gasteiger partial charge on any atom is -0.299 e. The van der Waals surface area contributed by atoms with Gasteiger partial charge in [0.15, 0.2) is 12.5 Å². The molecule has 1 aromatic rings. The van der Waals surface area contributed by atoms with Crippen LogP contribution in [0.4, 0.5) is 5.69 Å². The second-order valence-corrected chi connectivity index (χ2v) is 3.30. The van der Waals surface area contributed by atoms with Gasteiger partial charge >= 0.3 is 0 Å². The lowest BCUT2D eigenvalue weighted by Crippen LogP contribution is -2.40. The third-order valence-corrected chi connectivity index (χ3v) is 2.19. The number of nitrogens with zero attached hydrogens (tertiary/aromatic N) is 1. The predicted molar refractivity (Wildman–Crippen MR) is 54.5 cm³/mol. The minimum atomic E-state index is -0.285. The van der Waals surface area contributed by atoms with E-state index in [0.29, 0.717) is 0 Å². The molecule has 4 nitrogen and oxygen atoms in total. The van der Waals surface area contributed by atoms with Crippen LogP contribution >= 0.6 is 0 Å². The van der Waals surface area contributed by atoms with E-state index >= 15 is 0 Å². The highest BCUT2D eigenvalue weighted by Crippen LogP contribution is 2.15. The van der Waals surface area contributed by atoms with Crippen molar-refractivity contribution in [3.05, 3.63) is 30.3 Å². The zero-order chi connectivity index (χ0) is 9.97. The number of hydrazine groups is 1. The fourth-order valence-electron chi connectivity index (χ4n) is 1.58. The lowest BCUT2D eigenvalue weighted by Gasteiger charge is -2.21. The van der Waals surface area contributed by atoms with Gasteiger partial charge in [0.1, 0.15) is 0 Å². The summed E-state index contributed by atoms with van der Waals surface area (Å²) in [5.74, 6) is 0. The molecule has 0 amide bonds. The second-order valence-electron chi connectivity index (χ2n) is 3.30. The summed E-state index contributed by atoms with van der Waals surface area (Å²) in [7, 11) is 0. The Morgan fingerprint density at radius 3 is 2.71 bits per heavy atom. The Bertz CT molecular complexity index is 314. The van der Waals surface area contributed by atoms with Crippen molar-refractivity contribution < 1.29 is 4.79 Å². The maximum atomic E-state index is 10.8. The van der Waals surface area contributed by atoms with E-state index < -0.39 is 0 Å². The van der Waals surface area contributed by atoms with Gasteiger partial charge in [0.25, 0.3) is 0 Å². The first-order chi connectivity index (χ1) is 6.81. The average molecular weight is 191 g/mol. The van der Waals surface area contributed by atoms with Crippen LogP contribution in [0, 0.1) is 0 Å². The minimum absolute atomic E-state index is 0.116. The third-order valence-electron chi connectivity index (χ3n) is 2.19. The van der Waals surface area contributed by atoms with E-state index in [2.05, 4.69) is 10.7 Å². The molecular formula is C10H13N3O. The lowest BCUT2D eigenvalue weighted by atomic mass is 10.3. The number of rotatable bonds is 2. The summed E-state index contributed by atoms with van der Waals surface area (Å²) >= 11 is 0. The molecule has 0 saturated carbocycles. The lowest BCUT2D eigenvalue weighted by molar-refractivity contribution is -0.109. The van der Waals surface area contributed by atoms with Crippen molar-refractivity contribution in [2.75, 3.05) is 5.01 Å². The molecular weight excluding hydrogens is 178 g/mol. The predicted octanol–water partition coefficient (Wildman–Crippen LogP) is 0.472. The molecule has 2 atom stereocenters. The number of para-hydroxylation sites is 1. The summed E-state index contributed by atoms with van der Waals surface area (Å²) in [5, 5.41) is 4.93. The van der Waals surface area contributed by atoms with Gasteiger partial charge in [0.05, 0.1) is 11.9 Å². The summed E-state index contributed by atoms with van der Waals surface area (Å²) in [6.45, 7) is 1.97. The third kappa shape index (κ3) is 1.62. The number of hydrogen-bond acceptors (Lipinski definition) is 4. The van der Waals surface area contributed by atoms with E-state index in [-0.39, 0.29) is 12.3 Å². The summed E-state index contributed by atoms with van der Waals surface area (Å²) in [4.78, 5) is 10.8. The number of aldehydes is 1. The van der Waals surface area contributed by atoms with Crippen molar-refractivity contribution in [2.45, 2.75) is 19.3 Å². The molecule has 1 saturated heterocycles. The molecule has 1 fully saturated rings. The van der Waals surface area contributed by atoms with Crippen LogP contribution in [0.1, 0.15) is 6.92 Å². The van der Waals surface area contributed by atoms with E-state index in [9.17, 15) is 4.79 Å². The van der Waals surface area contributed by atoms with Gasteiger partial charge in [0, 0.05) is 0 Å². The largest absolute Gasteiger partial charge is 0.299 e. The molecule has 4 heteroatoms. The molecule has 1 aliphatic heterocycles. The molecule has 0 aromatic heterocycles. The van der Waals surface area contributed by atoms with Gasteiger partial charge in [-0.1, -0.05) is 18.2 Å². The maximum Gasteiger partial charge on any atom is 0.158 e. The number of anilines is 1. The molecule has 2 unspecified atom stereocenters. The fourth-order valence-corrected chi connectivity index (χ4v) is 1.58. The first kappa shape index (κ1) is 9.18. The molecule has 0 bridgehead atoms. The van der Waals surface area contributed by atoms with Crippen molar-refractivity contribution >= 4 is 12.0 Å². The highest BCUT2D eigenvalue weighted by atomic mass is 16.1. The van der Waals surface area contributed by atoms with Crippen LogP contribution in [0.5, 0.6) is 0 Å². The standard InChI is InChI=1S/C10H13N3O/c1-8-11-10(7-14)13(12-8)9-5-3-2-4-6-9/h2-8,10-12H,1H3. The fraction of sp³-hybridized carbons (Fsp3) is 0.300. The van der Waals surface area contributed by atoms with Crippen LogP contribution in [-0.4, -0.2) is 18.6 Å². The quantitative estimate of drug-likeness (QED) is 0.667. The maximum absolute atomic E-state index is 10.8. The molecule has 0 aliphatic carbocycles.